The highest BCUT2D eigenvalue weighted by Gasteiger charge is 2.12. The van der Waals surface area contributed by atoms with E-state index in [1.807, 2.05) is 28.8 Å². The minimum Gasteiger partial charge on any atom is -0.456 e. The van der Waals surface area contributed by atoms with Gasteiger partial charge in [0.05, 0.1) is 30.1 Å². The maximum Gasteiger partial charge on any atom is 0.185 e. The lowest BCUT2D eigenvalue weighted by atomic mass is 10.3. The van der Waals surface area contributed by atoms with Crippen molar-refractivity contribution in [3.05, 3.63) is 53.7 Å². The van der Waals surface area contributed by atoms with Crippen LogP contribution in [0.25, 0.3) is 11.0 Å². The number of carbonyl (C=O) groups is 1. The number of hydrogen-bond donors (Lipinski definition) is 0. The summed E-state index contributed by atoms with van der Waals surface area (Å²) in [5.41, 5.74) is 1.79. The molecule has 0 fully saturated rings. The fourth-order valence-electron chi connectivity index (χ4n) is 2.21. The molecule has 5 nitrogen and oxygen atoms in total. The largest absolute Gasteiger partial charge is 0.456 e. The number of benzene rings is 1. The topological polar surface area (TPSA) is 71.8 Å². The summed E-state index contributed by atoms with van der Waals surface area (Å²) in [5, 5.41) is 8.90. The molecule has 98 valence electrons. The van der Waals surface area contributed by atoms with Crippen molar-refractivity contribution >= 4 is 17.3 Å². The molecule has 0 aliphatic rings. The molecule has 0 atom stereocenters. The first-order chi connectivity index (χ1) is 9.81. The van der Waals surface area contributed by atoms with Crippen LogP contribution in [0.5, 0.6) is 0 Å². The normalized spacial score (nSPS) is 10.6. The Kier molecular flexibility index (Phi) is 3.05. The quantitative estimate of drug-likeness (QED) is 0.679. The van der Waals surface area contributed by atoms with E-state index in [-0.39, 0.29) is 6.42 Å². The van der Waals surface area contributed by atoms with Gasteiger partial charge in [0.25, 0.3) is 0 Å². The number of nitriles is 1. The molecule has 0 aliphatic carbocycles. The van der Waals surface area contributed by atoms with E-state index in [1.54, 1.807) is 12.1 Å². The van der Waals surface area contributed by atoms with E-state index in [0.717, 1.165) is 11.0 Å². The summed E-state index contributed by atoms with van der Waals surface area (Å²) in [6.45, 7) is 0.450. The van der Waals surface area contributed by atoms with E-state index < -0.39 is 0 Å². The van der Waals surface area contributed by atoms with Gasteiger partial charge < -0.3 is 8.98 Å². The number of hydrogen-bond acceptors (Lipinski definition) is 4. The van der Waals surface area contributed by atoms with Crippen molar-refractivity contribution in [3.63, 3.8) is 0 Å². The van der Waals surface area contributed by atoms with Crippen LogP contribution in [0.1, 0.15) is 22.1 Å². The van der Waals surface area contributed by atoms with Gasteiger partial charge in [-0.05, 0) is 24.3 Å². The Balaban J connectivity index is 2.06. The predicted octanol–water partition coefficient (Wildman–Crippen LogP) is 2.56. The summed E-state index contributed by atoms with van der Waals surface area (Å²) >= 11 is 0. The Morgan fingerprint density at radius 2 is 2.15 bits per heavy atom. The standard InChI is InChI=1S/C15H11N3O2/c16-8-7-15-17-13-3-1-2-4-14(13)18(15)9-11-5-6-12(10-19)20-11/h1-6,10H,7,9H2. The van der Waals surface area contributed by atoms with Gasteiger partial charge in [-0.15, -0.1) is 0 Å². The summed E-state index contributed by atoms with van der Waals surface area (Å²) in [6.07, 6.45) is 0.904. The molecule has 0 spiro atoms. The third-order valence-corrected chi connectivity index (χ3v) is 3.08. The summed E-state index contributed by atoms with van der Waals surface area (Å²) in [6, 6.07) is 13.2. The van der Waals surface area contributed by atoms with Crippen LogP contribution >= 0.6 is 0 Å². The van der Waals surface area contributed by atoms with Crippen molar-refractivity contribution in [1.82, 2.24) is 9.55 Å². The number of furan rings is 1. The molecule has 0 bridgehead atoms. The average molecular weight is 265 g/mol. The zero-order valence-corrected chi connectivity index (χ0v) is 10.6. The van der Waals surface area contributed by atoms with Gasteiger partial charge in [0, 0.05) is 0 Å². The second-order valence-electron chi connectivity index (χ2n) is 4.36. The summed E-state index contributed by atoms with van der Waals surface area (Å²) in [4.78, 5) is 15.1. The Morgan fingerprint density at radius 3 is 2.90 bits per heavy atom. The molecule has 2 aromatic heterocycles. The molecule has 0 unspecified atom stereocenters. The number of para-hydroxylation sites is 2. The molecule has 20 heavy (non-hydrogen) atoms. The van der Waals surface area contributed by atoms with Crippen molar-refractivity contribution in [2.75, 3.05) is 0 Å². The van der Waals surface area contributed by atoms with E-state index in [0.29, 0.717) is 30.2 Å². The van der Waals surface area contributed by atoms with E-state index in [4.69, 9.17) is 9.68 Å². The molecule has 2 heterocycles. The smallest absolute Gasteiger partial charge is 0.185 e. The molecule has 0 aliphatic heterocycles. The lowest BCUT2D eigenvalue weighted by molar-refractivity contribution is 0.109. The number of fused-ring (bicyclic) bond motifs is 1. The van der Waals surface area contributed by atoms with Crippen LogP contribution in [0.3, 0.4) is 0 Å². The lowest BCUT2D eigenvalue weighted by Gasteiger charge is -2.05. The van der Waals surface area contributed by atoms with Gasteiger partial charge in [-0.3, -0.25) is 4.79 Å². The van der Waals surface area contributed by atoms with Crippen LogP contribution in [0.2, 0.25) is 0 Å². The minimum atomic E-state index is 0.232. The van der Waals surface area contributed by atoms with Gasteiger partial charge in [-0.1, -0.05) is 12.1 Å². The first-order valence-electron chi connectivity index (χ1n) is 6.17. The first kappa shape index (κ1) is 12.2. The number of aldehydes is 1. The Bertz CT molecular complexity index is 808. The molecule has 0 saturated heterocycles. The molecule has 1 aromatic carbocycles. The van der Waals surface area contributed by atoms with Crippen molar-refractivity contribution < 1.29 is 9.21 Å². The molecule has 3 aromatic rings. The number of aromatic nitrogens is 2. The monoisotopic (exact) mass is 265 g/mol. The van der Waals surface area contributed by atoms with Crippen molar-refractivity contribution in [1.29, 1.82) is 5.26 Å². The molecule has 0 radical (unpaired) electrons. The summed E-state index contributed by atoms with van der Waals surface area (Å²) in [7, 11) is 0. The van der Waals surface area contributed by atoms with Crippen LogP contribution in [0, 0.1) is 11.3 Å². The molecular weight excluding hydrogens is 254 g/mol. The van der Waals surface area contributed by atoms with Gasteiger partial charge in [0.1, 0.15) is 11.6 Å². The van der Waals surface area contributed by atoms with E-state index in [2.05, 4.69) is 11.1 Å². The third-order valence-electron chi connectivity index (χ3n) is 3.08. The van der Waals surface area contributed by atoms with Crippen LogP contribution in [0.4, 0.5) is 0 Å². The second kappa shape index (κ2) is 5.02. The molecule has 0 saturated carbocycles. The number of imidazole rings is 1. The van der Waals surface area contributed by atoms with E-state index in [1.165, 1.54) is 0 Å². The zero-order chi connectivity index (χ0) is 13.9. The SMILES string of the molecule is N#CCc1nc2ccccc2n1Cc1ccc(C=O)o1. The number of rotatable bonds is 4. The fraction of sp³-hybridized carbons (Fsp3) is 0.133. The number of nitrogens with zero attached hydrogens (tertiary/aromatic N) is 3. The summed E-state index contributed by atoms with van der Waals surface area (Å²) in [5.74, 6) is 1.65. The Morgan fingerprint density at radius 1 is 1.30 bits per heavy atom. The fourth-order valence-corrected chi connectivity index (χ4v) is 2.21. The van der Waals surface area contributed by atoms with E-state index >= 15 is 0 Å². The number of carbonyl (C=O) groups excluding carboxylic acids is 1. The first-order valence-corrected chi connectivity index (χ1v) is 6.17. The van der Waals surface area contributed by atoms with Gasteiger partial charge in [0.2, 0.25) is 0 Å². The summed E-state index contributed by atoms with van der Waals surface area (Å²) < 4.78 is 7.33. The van der Waals surface area contributed by atoms with Gasteiger partial charge in [0.15, 0.2) is 12.0 Å². The maximum atomic E-state index is 10.6. The molecule has 0 N–H and O–H groups in total. The second-order valence-corrected chi connectivity index (χ2v) is 4.36. The molecule has 5 heteroatoms. The van der Waals surface area contributed by atoms with E-state index in [9.17, 15) is 4.79 Å². The van der Waals surface area contributed by atoms with Crippen molar-refractivity contribution in [2.45, 2.75) is 13.0 Å². The maximum absolute atomic E-state index is 10.6. The van der Waals surface area contributed by atoms with Crippen molar-refractivity contribution in [3.8, 4) is 6.07 Å². The third kappa shape index (κ3) is 2.08. The van der Waals surface area contributed by atoms with Gasteiger partial charge in [-0.2, -0.15) is 5.26 Å². The highest BCUT2D eigenvalue weighted by molar-refractivity contribution is 5.76. The average Bonchev–Trinajstić information content (AvgIpc) is 3.05. The van der Waals surface area contributed by atoms with Gasteiger partial charge in [-0.25, -0.2) is 4.98 Å². The van der Waals surface area contributed by atoms with Crippen molar-refractivity contribution in [2.24, 2.45) is 0 Å². The van der Waals surface area contributed by atoms with Crippen LogP contribution in [0.15, 0.2) is 40.8 Å². The lowest BCUT2D eigenvalue weighted by Crippen LogP contribution is -2.04. The van der Waals surface area contributed by atoms with Crippen LogP contribution in [-0.2, 0) is 13.0 Å². The van der Waals surface area contributed by atoms with Gasteiger partial charge >= 0.3 is 0 Å². The highest BCUT2D eigenvalue weighted by atomic mass is 16.3. The molecule has 3 rings (SSSR count). The molecular formula is C15H11N3O2. The van der Waals surface area contributed by atoms with Crippen LogP contribution in [-0.4, -0.2) is 15.8 Å². The predicted molar refractivity (Wildman–Crippen MR) is 72.2 cm³/mol. The van der Waals surface area contributed by atoms with Crippen LogP contribution < -0.4 is 0 Å². The molecule has 0 amide bonds. The highest BCUT2D eigenvalue weighted by Crippen LogP contribution is 2.19. The zero-order valence-electron chi connectivity index (χ0n) is 10.6. The minimum absolute atomic E-state index is 0.232. The Labute approximate surface area is 115 Å². The Hall–Kier alpha value is -2.87.